The third-order valence-electron chi connectivity index (χ3n) is 2.32. The molecule has 0 atom stereocenters. The minimum absolute atomic E-state index is 0.302. The van der Waals surface area contributed by atoms with Crippen LogP contribution >= 0.6 is 0 Å². The van der Waals surface area contributed by atoms with Crippen LogP contribution in [0.4, 0.5) is 10.1 Å². The monoisotopic (exact) mass is 179 g/mol. The van der Waals surface area contributed by atoms with Gasteiger partial charge in [-0.3, -0.25) is 4.79 Å². The average Bonchev–Trinajstić information content (AvgIpc) is 2.05. The maximum Gasteiger partial charge on any atom is 0.152 e. The number of para-hydroxylation sites is 1. The number of hydrogen-bond acceptors (Lipinski definition) is 2. The minimum atomic E-state index is -0.302. The van der Waals surface area contributed by atoms with Gasteiger partial charge in [-0.1, -0.05) is 6.07 Å². The van der Waals surface area contributed by atoms with Gasteiger partial charge in [0, 0.05) is 18.7 Å². The zero-order valence-electron chi connectivity index (χ0n) is 7.16. The van der Waals surface area contributed by atoms with Crippen molar-refractivity contribution in [3.8, 4) is 0 Å². The highest BCUT2D eigenvalue weighted by Crippen LogP contribution is 2.26. The van der Waals surface area contributed by atoms with E-state index < -0.39 is 0 Å². The van der Waals surface area contributed by atoms with Gasteiger partial charge in [-0.25, -0.2) is 4.39 Å². The number of carbonyl (C=O) groups is 1. The highest BCUT2D eigenvalue weighted by atomic mass is 19.1. The number of aldehydes is 1. The average molecular weight is 179 g/mol. The first kappa shape index (κ1) is 8.23. The van der Waals surface area contributed by atoms with Crippen LogP contribution in [-0.2, 0) is 0 Å². The number of rotatable bonds is 2. The van der Waals surface area contributed by atoms with Gasteiger partial charge < -0.3 is 4.90 Å². The van der Waals surface area contributed by atoms with Crippen molar-refractivity contribution in [3.05, 3.63) is 29.6 Å². The normalized spacial score (nSPS) is 15.3. The van der Waals surface area contributed by atoms with Gasteiger partial charge in [-0.15, -0.1) is 0 Å². The third-order valence-corrected chi connectivity index (χ3v) is 2.32. The summed E-state index contributed by atoms with van der Waals surface area (Å²) in [6.07, 6.45) is 1.78. The van der Waals surface area contributed by atoms with E-state index in [1.54, 1.807) is 12.1 Å². The number of halogens is 1. The summed E-state index contributed by atoms with van der Waals surface area (Å²) < 4.78 is 13.3. The smallest absolute Gasteiger partial charge is 0.152 e. The van der Waals surface area contributed by atoms with Crippen molar-refractivity contribution in [1.29, 1.82) is 0 Å². The Bertz CT molecular complexity index is 334. The first-order valence-electron chi connectivity index (χ1n) is 4.31. The van der Waals surface area contributed by atoms with Crippen LogP contribution < -0.4 is 4.90 Å². The van der Waals surface area contributed by atoms with Crippen LogP contribution in [0.15, 0.2) is 18.2 Å². The highest BCUT2D eigenvalue weighted by Gasteiger charge is 2.20. The van der Waals surface area contributed by atoms with Crippen molar-refractivity contribution in [2.45, 2.75) is 6.42 Å². The van der Waals surface area contributed by atoms with E-state index >= 15 is 0 Å². The molecule has 0 radical (unpaired) electrons. The van der Waals surface area contributed by atoms with E-state index in [1.165, 1.54) is 6.07 Å². The SMILES string of the molecule is O=Cc1cccc(F)c1N1CCC1. The second-order valence-electron chi connectivity index (χ2n) is 3.14. The predicted molar refractivity (Wildman–Crippen MR) is 48.6 cm³/mol. The summed E-state index contributed by atoms with van der Waals surface area (Å²) in [5.74, 6) is -0.302. The molecule has 13 heavy (non-hydrogen) atoms. The zero-order valence-corrected chi connectivity index (χ0v) is 7.16. The molecular weight excluding hydrogens is 169 g/mol. The summed E-state index contributed by atoms with van der Waals surface area (Å²) in [5, 5.41) is 0. The van der Waals surface area contributed by atoms with Gasteiger partial charge in [-0.05, 0) is 18.6 Å². The predicted octanol–water partition coefficient (Wildman–Crippen LogP) is 1.85. The summed E-state index contributed by atoms with van der Waals surface area (Å²) in [7, 11) is 0. The molecular formula is C10H10FNO. The molecule has 2 nitrogen and oxygen atoms in total. The van der Waals surface area contributed by atoms with Crippen LogP contribution in [0.2, 0.25) is 0 Å². The lowest BCUT2D eigenvalue weighted by molar-refractivity contribution is 0.112. The standard InChI is InChI=1S/C10H10FNO/c11-9-4-1-3-8(7-13)10(9)12-5-2-6-12/h1,3-4,7H,2,5-6H2. The van der Waals surface area contributed by atoms with E-state index in [9.17, 15) is 9.18 Å². The molecule has 1 aliphatic heterocycles. The van der Waals surface area contributed by atoms with Gasteiger partial charge in [0.05, 0.1) is 5.69 Å². The number of anilines is 1. The largest absolute Gasteiger partial charge is 0.368 e. The Kier molecular flexibility index (Phi) is 2.00. The lowest BCUT2D eigenvalue weighted by Crippen LogP contribution is -2.38. The number of benzene rings is 1. The molecule has 1 heterocycles. The molecule has 0 amide bonds. The van der Waals surface area contributed by atoms with Gasteiger partial charge in [0.15, 0.2) is 6.29 Å². The van der Waals surface area contributed by atoms with Crippen molar-refractivity contribution in [3.63, 3.8) is 0 Å². The molecule has 1 aliphatic rings. The molecule has 2 rings (SSSR count). The van der Waals surface area contributed by atoms with Crippen LogP contribution in [0.3, 0.4) is 0 Å². The lowest BCUT2D eigenvalue weighted by Gasteiger charge is -2.34. The number of nitrogens with zero attached hydrogens (tertiary/aromatic N) is 1. The molecule has 3 heteroatoms. The molecule has 0 spiro atoms. The van der Waals surface area contributed by atoms with Gasteiger partial charge >= 0.3 is 0 Å². The van der Waals surface area contributed by atoms with Crippen LogP contribution in [-0.4, -0.2) is 19.4 Å². The molecule has 1 aromatic carbocycles. The Balaban J connectivity index is 2.44. The van der Waals surface area contributed by atoms with Crippen molar-refractivity contribution in [2.75, 3.05) is 18.0 Å². The van der Waals surface area contributed by atoms with Crippen molar-refractivity contribution < 1.29 is 9.18 Å². The van der Waals surface area contributed by atoms with E-state index in [2.05, 4.69) is 0 Å². The number of hydrogen-bond donors (Lipinski definition) is 0. The van der Waals surface area contributed by atoms with E-state index in [4.69, 9.17) is 0 Å². The molecule has 68 valence electrons. The molecule has 1 fully saturated rings. The molecule has 0 saturated carbocycles. The Morgan fingerprint density at radius 2 is 2.15 bits per heavy atom. The quantitative estimate of drug-likeness (QED) is 0.646. The summed E-state index contributed by atoms with van der Waals surface area (Å²) in [5.41, 5.74) is 0.906. The first-order valence-corrected chi connectivity index (χ1v) is 4.31. The maximum atomic E-state index is 13.3. The highest BCUT2D eigenvalue weighted by molar-refractivity contribution is 5.85. The van der Waals surface area contributed by atoms with Gasteiger partial charge in [0.1, 0.15) is 5.82 Å². The molecule has 0 unspecified atom stereocenters. The lowest BCUT2D eigenvalue weighted by atomic mass is 10.1. The molecule has 1 saturated heterocycles. The second-order valence-corrected chi connectivity index (χ2v) is 3.14. The van der Waals surface area contributed by atoms with Crippen LogP contribution in [0.1, 0.15) is 16.8 Å². The molecule has 0 aliphatic carbocycles. The Morgan fingerprint density at radius 1 is 1.38 bits per heavy atom. The Labute approximate surface area is 76.0 Å². The molecule has 0 aromatic heterocycles. The van der Waals surface area contributed by atoms with E-state index in [0.717, 1.165) is 19.5 Å². The van der Waals surface area contributed by atoms with Gasteiger partial charge in [-0.2, -0.15) is 0 Å². The summed E-state index contributed by atoms with van der Waals surface area (Å²) in [4.78, 5) is 12.5. The fourth-order valence-corrected chi connectivity index (χ4v) is 1.50. The third kappa shape index (κ3) is 1.30. The molecule has 0 bridgehead atoms. The number of carbonyl (C=O) groups excluding carboxylic acids is 1. The molecule has 1 aromatic rings. The fourth-order valence-electron chi connectivity index (χ4n) is 1.50. The van der Waals surface area contributed by atoms with Gasteiger partial charge in [0.2, 0.25) is 0 Å². The van der Waals surface area contributed by atoms with E-state index in [-0.39, 0.29) is 5.82 Å². The second kappa shape index (κ2) is 3.17. The Hall–Kier alpha value is -1.38. The topological polar surface area (TPSA) is 20.3 Å². The van der Waals surface area contributed by atoms with Gasteiger partial charge in [0.25, 0.3) is 0 Å². The minimum Gasteiger partial charge on any atom is -0.368 e. The van der Waals surface area contributed by atoms with E-state index in [0.29, 0.717) is 17.5 Å². The van der Waals surface area contributed by atoms with Crippen molar-refractivity contribution >= 4 is 12.0 Å². The molecule has 0 N–H and O–H groups in total. The van der Waals surface area contributed by atoms with Crippen LogP contribution in [0, 0.1) is 5.82 Å². The maximum absolute atomic E-state index is 13.3. The van der Waals surface area contributed by atoms with E-state index in [1.807, 2.05) is 4.90 Å². The Morgan fingerprint density at radius 3 is 2.69 bits per heavy atom. The summed E-state index contributed by atoms with van der Waals surface area (Å²) in [6, 6.07) is 4.59. The summed E-state index contributed by atoms with van der Waals surface area (Å²) >= 11 is 0. The first-order chi connectivity index (χ1) is 6.33. The fraction of sp³-hybridized carbons (Fsp3) is 0.300. The summed E-state index contributed by atoms with van der Waals surface area (Å²) in [6.45, 7) is 1.70. The van der Waals surface area contributed by atoms with Crippen LogP contribution in [0.5, 0.6) is 0 Å². The zero-order chi connectivity index (χ0) is 9.26. The van der Waals surface area contributed by atoms with Crippen molar-refractivity contribution in [2.24, 2.45) is 0 Å². The van der Waals surface area contributed by atoms with Crippen LogP contribution in [0.25, 0.3) is 0 Å². The van der Waals surface area contributed by atoms with Crippen molar-refractivity contribution in [1.82, 2.24) is 0 Å².